The third-order valence-corrected chi connectivity index (χ3v) is 7.84. The molecular formula is C33H67. The van der Waals surface area contributed by atoms with E-state index in [9.17, 15) is 0 Å². The van der Waals surface area contributed by atoms with E-state index in [0.29, 0.717) is 0 Å². The molecule has 0 nitrogen and oxygen atoms in total. The van der Waals surface area contributed by atoms with Gasteiger partial charge in [-0.05, 0) is 5.92 Å². The predicted octanol–water partition coefficient (Wildman–Crippen LogP) is 12.8. The summed E-state index contributed by atoms with van der Waals surface area (Å²) in [5, 5.41) is 0. The van der Waals surface area contributed by atoms with Crippen LogP contribution >= 0.6 is 0 Å². The summed E-state index contributed by atoms with van der Waals surface area (Å²) < 4.78 is 0. The molecule has 0 saturated heterocycles. The molecule has 0 heteroatoms. The summed E-state index contributed by atoms with van der Waals surface area (Å²) in [6.07, 6.45) is 42.1. The van der Waals surface area contributed by atoms with E-state index < -0.39 is 0 Å². The molecule has 199 valence electrons. The van der Waals surface area contributed by atoms with Crippen LogP contribution in [0.4, 0.5) is 0 Å². The van der Waals surface area contributed by atoms with Gasteiger partial charge in [0.15, 0.2) is 0 Å². The van der Waals surface area contributed by atoms with Crippen LogP contribution in [0.1, 0.15) is 200 Å². The Morgan fingerprint density at radius 3 is 0.758 bits per heavy atom. The van der Waals surface area contributed by atoms with Crippen LogP contribution in [-0.2, 0) is 0 Å². The summed E-state index contributed by atoms with van der Waals surface area (Å²) in [5.74, 6) is 0.908. The van der Waals surface area contributed by atoms with Crippen molar-refractivity contribution in [3.05, 3.63) is 6.92 Å². The molecule has 0 spiro atoms. The van der Waals surface area contributed by atoms with E-state index in [1.54, 1.807) is 0 Å². The molecule has 0 fully saturated rings. The molecule has 0 rings (SSSR count). The van der Waals surface area contributed by atoms with Gasteiger partial charge in [0.1, 0.15) is 0 Å². The van der Waals surface area contributed by atoms with Crippen molar-refractivity contribution in [1.29, 1.82) is 0 Å². The third-order valence-electron chi connectivity index (χ3n) is 7.84. The van der Waals surface area contributed by atoms with Crippen LogP contribution in [0.15, 0.2) is 0 Å². The van der Waals surface area contributed by atoms with E-state index >= 15 is 0 Å². The van der Waals surface area contributed by atoms with Crippen LogP contribution in [0, 0.1) is 12.8 Å². The number of hydrogen-bond acceptors (Lipinski definition) is 0. The smallest absolute Gasteiger partial charge is 0.0414 e. The van der Waals surface area contributed by atoms with E-state index in [0.717, 1.165) is 12.3 Å². The van der Waals surface area contributed by atoms with Gasteiger partial charge in [-0.1, -0.05) is 207 Å². The van der Waals surface area contributed by atoms with Crippen molar-refractivity contribution in [2.24, 2.45) is 5.92 Å². The van der Waals surface area contributed by atoms with Gasteiger partial charge < -0.3 is 0 Å². The first-order valence-corrected chi connectivity index (χ1v) is 16.1. The van der Waals surface area contributed by atoms with Crippen LogP contribution in [0.5, 0.6) is 0 Å². The fraction of sp³-hybridized carbons (Fsp3) is 0.970. The minimum atomic E-state index is 0.908. The van der Waals surface area contributed by atoms with Crippen LogP contribution in [-0.4, -0.2) is 0 Å². The summed E-state index contributed by atoms with van der Waals surface area (Å²) >= 11 is 0. The van der Waals surface area contributed by atoms with Gasteiger partial charge in [-0.25, -0.2) is 0 Å². The average Bonchev–Trinajstić information content (AvgIpc) is 2.83. The van der Waals surface area contributed by atoms with Crippen molar-refractivity contribution in [2.45, 2.75) is 200 Å². The van der Waals surface area contributed by atoms with Crippen LogP contribution in [0.2, 0.25) is 0 Å². The quantitative estimate of drug-likeness (QED) is 0.0967. The second-order valence-electron chi connectivity index (χ2n) is 11.2. The zero-order chi connectivity index (χ0) is 24.1. The molecule has 1 unspecified atom stereocenters. The standard InChI is InChI=1S/C33H67/c1-4-7-9-11-13-15-17-18-19-20-22-24-26-28-30-32-33(6-3)31-29-27-25-23-21-16-14-12-10-8-5-2/h33H,3-32H2,1-2H3. The molecule has 0 aliphatic rings. The summed E-state index contributed by atoms with van der Waals surface area (Å²) in [4.78, 5) is 0. The minimum absolute atomic E-state index is 0.908. The summed E-state index contributed by atoms with van der Waals surface area (Å²) in [7, 11) is 0. The van der Waals surface area contributed by atoms with E-state index in [1.807, 2.05) is 0 Å². The van der Waals surface area contributed by atoms with Gasteiger partial charge in [0.2, 0.25) is 0 Å². The maximum Gasteiger partial charge on any atom is -0.0414 e. The molecule has 1 atom stereocenters. The third kappa shape index (κ3) is 28.1. The highest BCUT2D eigenvalue weighted by molar-refractivity contribution is 4.62. The van der Waals surface area contributed by atoms with Gasteiger partial charge in [0, 0.05) is 0 Å². The number of rotatable bonds is 29. The first-order valence-electron chi connectivity index (χ1n) is 16.1. The first-order chi connectivity index (χ1) is 16.3. The van der Waals surface area contributed by atoms with Crippen molar-refractivity contribution in [2.75, 3.05) is 0 Å². The van der Waals surface area contributed by atoms with Crippen molar-refractivity contribution in [3.63, 3.8) is 0 Å². The Balaban J connectivity index is 3.25. The molecule has 0 amide bonds. The van der Waals surface area contributed by atoms with E-state index in [2.05, 4.69) is 20.8 Å². The van der Waals surface area contributed by atoms with Gasteiger partial charge in [-0.15, -0.1) is 0 Å². The topological polar surface area (TPSA) is 0 Å². The van der Waals surface area contributed by atoms with Crippen molar-refractivity contribution in [3.8, 4) is 0 Å². The van der Waals surface area contributed by atoms with E-state index in [1.165, 1.54) is 180 Å². The Kier molecular flexibility index (Phi) is 30.0. The molecule has 0 bridgehead atoms. The maximum atomic E-state index is 4.24. The van der Waals surface area contributed by atoms with Gasteiger partial charge in [-0.3, -0.25) is 0 Å². The molecular weight excluding hydrogens is 396 g/mol. The Bertz CT molecular complexity index is 320. The monoisotopic (exact) mass is 464 g/mol. The Labute approximate surface area is 212 Å². The average molecular weight is 464 g/mol. The molecule has 33 heavy (non-hydrogen) atoms. The lowest BCUT2D eigenvalue weighted by molar-refractivity contribution is 0.404. The fourth-order valence-corrected chi connectivity index (χ4v) is 5.33. The highest BCUT2D eigenvalue weighted by Crippen LogP contribution is 2.22. The largest absolute Gasteiger partial charge is 0.0654 e. The predicted molar refractivity (Wildman–Crippen MR) is 154 cm³/mol. The molecule has 0 heterocycles. The molecule has 0 aromatic rings. The molecule has 0 N–H and O–H groups in total. The Morgan fingerprint density at radius 1 is 0.333 bits per heavy atom. The molecule has 0 aromatic heterocycles. The highest BCUT2D eigenvalue weighted by atomic mass is 14.1. The minimum Gasteiger partial charge on any atom is -0.0654 e. The fourth-order valence-electron chi connectivity index (χ4n) is 5.33. The summed E-state index contributed by atoms with van der Waals surface area (Å²) in [6, 6.07) is 0. The lowest BCUT2D eigenvalue weighted by Gasteiger charge is -2.14. The molecule has 1 radical (unpaired) electrons. The number of hydrogen-bond donors (Lipinski definition) is 0. The first kappa shape index (κ1) is 33.0. The van der Waals surface area contributed by atoms with E-state index in [-0.39, 0.29) is 0 Å². The number of unbranched alkanes of at least 4 members (excludes halogenated alkanes) is 24. The maximum absolute atomic E-state index is 4.24. The van der Waals surface area contributed by atoms with Crippen LogP contribution in [0.3, 0.4) is 0 Å². The van der Waals surface area contributed by atoms with Gasteiger partial charge >= 0.3 is 0 Å². The highest BCUT2D eigenvalue weighted by Gasteiger charge is 2.06. The second-order valence-corrected chi connectivity index (χ2v) is 11.2. The van der Waals surface area contributed by atoms with Gasteiger partial charge in [-0.2, -0.15) is 0 Å². The normalized spacial score (nSPS) is 12.5. The van der Waals surface area contributed by atoms with Gasteiger partial charge in [0.25, 0.3) is 0 Å². The lowest BCUT2D eigenvalue weighted by atomic mass is 9.92. The molecule has 0 aliphatic carbocycles. The zero-order valence-electron chi connectivity index (χ0n) is 23.8. The Morgan fingerprint density at radius 2 is 0.545 bits per heavy atom. The lowest BCUT2D eigenvalue weighted by Crippen LogP contribution is -1.99. The van der Waals surface area contributed by atoms with Crippen molar-refractivity contribution >= 4 is 0 Å². The summed E-state index contributed by atoms with van der Waals surface area (Å²) in [6.45, 7) is 8.86. The van der Waals surface area contributed by atoms with Crippen LogP contribution < -0.4 is 0 Å². The Hall–Kier alpha value is 0. The van der Waals surface area contributed by atoms with Gasteiger partial charge in [0.05, 0.1) is 0 Å². The summed E-state index contributed by atoms with van der Waals surface area (Å²) in [5.41, 5.74) is 0. The van der Waals surface area contributed by atoms with Crippen LogP contribution in [0.25, 0.3) is 0 Å². The molecule has 0 aliphatic heterocycles. The molecule has 0 saturated carbocycles. The molecule has 0 aromatic carbocycles. The van der Waals surface area contributed by atoms with E-state index in [4.69, 9.17) is 0 Å². The zero-order valence-corrected chi connectivity index (χ0v) is 23.8. The second kappa shape index (κ2) is 30.0. The van der Waals surface area contributed by atoms with Crippen molar-refractivity contribution in [1.82, 2.24) is 0 Å². The SMILES string of the molecule is [CH2]CC(CCCCCCCCCCCCC)CCCCCCCCCCCCCCCCC. The van der Waals surface area contributed by atoms with Crippen molar-refractivity contribution < 1.29 is 0 Å².